The van der Waals surface area contributed by atoms with Gasteiger partial charge in [0, 0.05) is 28.8 Å². The lowest BCUT2D eigenvalue weighted by atomic mass is 9.96. The van der Waals surface area contributed by atoms with E-state index >= 15 is 0 Å². The Hall–Kier alpha value is -3.91. The molecule has 0 aliphatic heterocycles. The summed E-state index contributed by atoms with van der Waals surface area (Å²) >= 11 is 1.74. The van der Waals surface area contributed by atoms with Gasteiger partial charge in [0.2, 0.25) is 5.82 Å². The van der Waals surface area contributed by atoms with Crippen LogP contribution in [0.4, 0.5) is 0 Å². The molecule has 2 aromatic carbocycles. The van der Waals surface area contributed by atoms with E-state index in [0.29, 0.717) is 12.2 Å². The van der Waals surface area contributed by atoms with Crippen molar-refractivity contribution in [3.63, 3.8) is 0 Å². The minimum absolute atomic E-state index is 0.0242. The fourth-order valence-electron chi connectivity index (χ4n) is 4.36. The van der Waals surface area contributed by atoms with Crippen molar-refractivity contribution in [3.05, 3.63) is 104 Å². The van der Waals surface area contributed by atoms with Gasteiger partial charge < -0.3 is 4.98 Å². The molecule has 8 heteroatoms. The molecule has 0 atom stereocenters. The van der Waals surface area contributed by atoms with E-state index < -0.39 is 0 Å². The van der Waals surface area contributed by atoms with Crippen LogP contribution in [0, 0.1) is 0 Å². The van der Waals surface area contributed by atoms with Gasteiger partial charge in [0.25, 0.3) is 5.56 Å². The molecule has 5 aromatic rings. The molecular formula is C28H28N6OS. The highest BCUT2D eigenvalue weighted by molar-refractivity contribution is 7.09. The van der Waals surface area contributed by atoms with Crippen molar-refractivity contribution in [2.24, 2.45) is 0 Å². The predicted molar refractivity (Wildman–Crippen MR) is 143 cm³/mol. The Morgan fingerprint density at radius 3 is 2.47 bits per heavy atom. The molecule has 5 rings (SSSR count). The molecule has 0 saturated carbocycles. The van der Waals surface area contributed by atoms with E-state index in [1.54, 1.807) is 11.3 Å². The number of rotatable bonds is 10. The number of unbranched alkanes of at least 4 members (excludes halogenated alkanes) is 1. The summed E-state index contributed by atoms with van der Waals surface area (Å²) in [6.07, 6.45) is 5.08. The number of aryl methyl sites for hydroxylation is 3. The number of nitrogens with zero attached hydrogens (tertiary/aromatic N) is 4. The maximum absolute atomic E-state index is 13.1. The van der Waals surface area contributed by atoms with Crippen LogP contribution >= 0.6 is 11.3 Å². The molecule has 3 aromatic heterocycles. The van der Waals surface area contributed by atoms with Gasteiger partial charge in [0.1, 0.15) is 5.82 Å². The van der Waals surface area contributed by atoms with Gasteiger partial charge >= 0.3 is 0 Å². The van der Waals surface area contributed by atoms with E-state index in [-0.39, 0.29) is 5.56 Å². The summed E-state index contributed by atoms with van der Waals surface area (Å²) in [5.74, 6) is 1.34. The number of thiophene rings is 1. The number of aromatic nitrogens is 6. The van der Waals surface area contributed by atoms with Gasteiger partial charge in [-0.25, -0.2) is 4.98 Å². The molecule has 7 nitrogen and oxygen atoms in total. The number of H-pyrrole nitrogens is 2. The minimum atomic E-state index is -0.0242. The molecule has 0 radical (unpaired) electrons. The minimum Gasteiger partial charge on any atom is -0.310 e. The summed E-state index contributed by atoms with van der Waals surface area (Å²) in [6, 6.07) is 20.5. The summed E-state index contributed by atoms with van der Waals surface area (Å²) < 4.78 is 0. The quantitative estimate of drug-likeness (QED) is 0.270. The molecule has 0 aliphatic carbocycles. The molecule has 2 N–H and O–H groups in total. The maximum Gasteiger partial charge on any atom is 0.254 e. The maximum atomic E-state index is 13.1. The second-order valence-corrected chi connectivity index (χ2v) is 9.81. The molecule has 0 bridgehead atoms. The van der Waals surface area contributed by atoms with E-state index in [4.69, 9.17) is 4.98 Å². The number of hydrogen-bond donors (Lipinski definition) is 2. The average Bonchev–Trinajstić information content (AvgIpc) is 3.63. The van der Waals surface area contributed by atoms with E-state index in [9.17, 15) is 4.79 Å². The van der Waals surface area contributed by atoms with Crippen LogP contribution in [0.2, 0.25) is 0 Å². The number of hydrogen-bond acceptors (Lipinski definition) is 6. The van der Waals surface area contributed by atoms with E-state index in [1.807, 2.05) is 24.3 Å². The molecule has 0 spiro atoms. The standard InChI is InChI=1S/C28H28N6OS/c1-2-3-10-25-24(28(35)30-26(29-25)16-15-21-7-6-17-36-21)18-19-11-13-20(14-12-19)22-8-4-5-9-23(22)27-31-33-34-32-27/h4-9,11-14,17H,2-3,10,15-16,18H2,1H3,(H,29,30,35)(H,31,32,33,34). The molecule has 0 amide bonds. The molecule has 0 fully saturated rings. The Morgan fingerprint density at radius 1 is 0.917 bits per heavy atom. The highest BCUT2D eigenvalue weighted by Crippen LogP contribution is 2.30. The third-order valence-corrected chi connectivity index (χ3v) is 7.20. The number of benzene rings is 2. The second kappa shape index (κ2) is 11.2. The first-order valence-corrected chi connectivity index (χ1v) is 13.1. The van der Waals surface area contributed by atoms with Gasteiger partial charge in [-0.1, -0.05) is 67.9 Å². The summed E-state index contributed by atoms with van der Waals surface area (Å²) in [5.41, 5.74) is 5.75. The van der Waals surface area contributed by atoms with Crippen molar-refractivity contribution in [1.82, 2.24) is 30.6 Å². The average molecular weight is 497 g/mol. The SMILES string of the molecule is CCCCc1nc(CCc2cccs2)[nH]c(=O)c1Cc1ccc(-c2ccccc2-c2nn[nH]n2)cc1. The van der Waals surface area contributed by atoms with Crippen molar-refractivity contribution in [2.75, 3.05) is 0 Å². The zero-order chi connectivity index (χ0) is 24.7. The van der Waals surface area contributed by atoms with Crippen LogP contribution in [0.5, 0.6) is 0 Å². The first kappa shape index (κ1) is 23.8. The fourth-order valence-corrected chi connectivity index (χ4v) is 5.07. The highest BCUT2D eigenvalue weighted by atomic mass is 32.1. The number of nitrogens with one attached hydrogen (secondary N) is 2. The molecule has 36 heavy (non-hydrogen) atoms. The van der Waals surface area contributed by atoms with Gasteiger partial charge in [-0.05, 0) is 52.6 Å². The third kappa shape index (κ3) is 5.49. The lowest BCUT2D eigenvalue weighted by Crippen LogP contribution is -2.21. The fraction of sp³-hybridized carbons (Fsp3) is 0.250. The Kier molecular flexibility index (Phi) is 7.42. The lowest BCUT2D eigenvalue weighted by molar-refractivity contribution is 0.737. The van der Waals surface area contributed by atoms with Crippen LogP contribution < -0.4 is 5.56 Å². The summed E-state index contributed by atoms with van der Waals surface area (Å²) in [4.78, 5) is 22.4. The third-order valence-electron chi connectivity index (χ3n) is 6.26. The Balaban J connectivity index is 1.38. The molecule has 0 unspecified atom stereocenters. The first-order chi connectivity index (χ1) is 17.7. The van der Waals surface area contributed by atoms with Crippen molar-refractivity contribution in [2.45, 2.75) is 45.4 Å². The van der Waals surface area contributed by atoms with Gasteiger partial charge in [0.05, 0.1) is 5.69 Å². The van der Waals surface area contributed by atoms with E-state index in [2.05, 4.69) is 74.3 Å². The second-order valence-electron chi connectivity index (χ2n) is 8.78. The van der Waals surface area contributed by atoms with E-state index in [1.165, 1.54) is 4.88 Å². The van der Waals surface area contributed by atoms with Crippen LogP contribution in [0.25, 0.3) is 22.5 Å². The van der Waals surface area contributed by atoms with Crippen molar-refractivity contribution >= 4 is 11.3 Å². The summed E-state index contributed by atoms with van der Waals surface area (Å²) in [5, 5.41) is 16.6. The highest BCUT2D eigenvalue weighted by Gasteiger charge is 2.14. The molecular weight excluding hydrogens is 468 g/mol. The predicted octanol–water partition coefficient (Wildman–Crippen LogP) is 5.40. The van der Waals surface area contributed by atoms with Crippen LogP contribution in [-0.4, -0.2) is 30.6 Å². The molecule has 0 saturated heterocycles. The normalized spacial score (nSPS) is 11.1. The largest absolute Gasteiger partial charge is 0.310 e. The van der Waals surface area contributed by atoms with E-state index in [0.717, 1.165) is 71.4 Å². The van der Waals surface area contributed by atoms with Gasteiger partial charge in [-0.15, -0.1) is 21.5 Å². The molecule has 182 valence electrons. The van der Waals surface area contributed by atoms with Gasteiger partial charge in [-0.3, -0.25) is 4.79 Å². The Morgan fingerprint density at radius 2 is 1.75 bits per heavy atom. The smallest absolute Gasteiger partial charge is 0.254 e. The Bertz CT molecular complexity index is 1460. The van der Waals surface area contributed by atoms with Crippen LogP contribution in [0.1, 0.15) is 47.3 Å². The van der Waals surface area contributed by atoms with Gasteiger partial charge in [-0.2, -0.15) is 5.21 Å². The zero-order valence-electron chi connectivity index (χ0n) is 20.2. The number of aromatic amines is 2. The monoisotopic (exact) mass is 496 g/mol. The topological polar surface area (TPSA) is 100 Å². The summed E-state index contributed by atoms with van der Waals surface area (Å²) in [7, 11) is 0. The Labute approximate surface area is 213 Å². The zero-order valence-corrected chi connectivity index (χ0v) is 21.0. The van der Waals surface area contributed by atoms with Crippen molar-refractivity contribution in [3.8, 4) is 22.5 Å². The molecule has 0 aliphatic rings. The van der Waals surface area contributed by atoms with Gasteiger partial charge in [0.15, 0.2) is 0 Å². The molecule has 3 heterocycles. The van der Waals surface area contributed by atoms with Crippen LogP contribution in [-0.2, 0) is 25.7 Å². The number of tetrazole rings is 1. The van der Waals surface area contributed by atoms with Crippen molar-refractivity contribution < 1.29 is 0 Å². The van der Waals surface area contributed by atoms with Crippen molar-refractivity contribution in [1.29, 1.82) is 0 Å². The van der Waals surface area contributed by atoms with Crippen LogP contribution in [0.15, 0.2) is 70.8 Å². The van der Waals surface area contributed by atoms with Crippen LogP contribution in [0.3, 0.4) is 0 Å². The summed E-state index contributed by atoms with van der Waals surface area (Å²) in [6.45, 7) is 2.16. The lowest BCUT2D eigenvalue weighted by Gasteiger charge is -2.11. The first-order valence-electron chi connectivity index (χ1n) is 12.3.